The second-order valence-electron chi connectivity index (χ2n) is 2.55. The molecule has 74 valence electrons. The summed E-state index contributed by atoms with van der Waals surface area (Å²) in [5.41, 5.74) is 5.39. The van der Waals surface area contributed by atoms with E-state index in [9.17, 15) is 14.0 Å². The van der Waals surface area contributed by atoms with Crippen molar-refractivity contribution in [1.82, 2.24) is 0 Å². The summed E-state index contributed by atoms with van der Waals surface area (Å²) in [6.07, 6.45) is 0.350. The first-order chi connectivity index (χ1) is 6.69. The van der Waals surface area contributed by atoms with Gasteiger partial charge in [0, 0.05) is 0 Å². The van der Waals surface area contributed by atoms with Crippen molar-refractivity contribution in [3.05, 3.63) is 30.1 Å². The maximum atomic E-state index is 12.5. The zero-order chi connectivity index (χ0) is 10.6. The van der Waals surface area contributed by atoms with E-state index in [1.807, 2.05) is 0 Å². The molecule has 1 rings (SSSR count). The van der Waals surface area contributed by atoms with Crippen LogP contribution < -0.4 is 10.6 Å². The third-order valence-corrected chi connectivity index (χ3v) is 1.65. The van der Waals surface area contributed by atoms with E-state index in [0.717, 1.165) is 17.0 Å². The molecule has 4 nitrogen and oxygen atoms in total. The van der Waals surface area contributed by atoms with E-state index in [1.165, 1.54) is 12.1 Å². The third-order valence-electron chi connectivity index (χ3n) is 1.65. The SMILES string of the molecule is NCC(=O)N(C=O)c1ccc(F)cc1. The number of benzene rings is 1. The van der Waals surface area contributed by atoms with Crippen LogP contribution in [0.15, 0.2) is 24.3 Å². The van der Waals surface area contributed by atoms with Crippen LogP contribution in [0.3, 0.4) is 0 Å². The Morgan fingerprint density at radius 3 is 2.43 bits per heavy atom. The fraction of sp³-hybridized carbons (Fsp3) is 0.111. The van der Waals surface area contributed by atoms with Crippen LogP contribution in [0.4, 0.5) is 10.1 Å². The van der Waals surface area contributed by atoms with Crippen molar-refractivity contribution >= 4 is 18.0 Å². The smallest absolute Gasteiger partial charge is 0.247 e. The molecule has 2 amide bonds. The van der Waals surface area contributed by atoms with Crippen molar-refractivity contribution in [3.8, 4) is 0 Å². The molecule has 0 radical (unpaired) electrons. The van der Waals surface area contributed by atoms with E-state index >= 15 is 0 Å². The molecule has 0 saturated carbocycles. The number of hydrogen-bond acceptors (Lipinski definition) is 3. The standard InChI is InChI=1S/C9H9FN2O2/c10-7-1-3-8(4-2-7)12(6-13)9(14)5-11/h1-4,6H,5,11H2. The van der Waals surface area contributed by atoms with E-state index in [1.54, 1.807) is 0 Å². The van der Waals surface area contributed by atoms with Crippen LogP contribution in [0.25, 0.3) is 0 Å². The van der Waals surface area contributed by atoms with Gasteiger partial charge in [-0.25, -0.2) is 4.39 Å². The van der Waals surface area contributed by atoms with Crippen molar-refractivity contribution in [3.63, 3.8) is 0 Å². The minimum atomic E-state index is -0.536. The summed E-state index contributed by atoms with van der Waals surface area (Å²) in [6, 6.07) is 4.99. The number of halogens is 1. The average Bonchev–Trinajstić information content (AvgIpc) is 2.21. The van der Waals surface area contributed by atoms with Gasteiger partial charge in [0.25, 0.3) is 0 Å². The molecule has 5 heteroatoms. The Bertz CT molecular complexity index is 337. The first-order valence-electron chi connectivity index (χ1n) is 3.92. The quantitative estimate of drug-likeness (QED) is 0.706. The molecular formula is C9H9FN2O2. The number of hydrogen-bond donors (Lipinski definition) is 1. The van der Waals surface area contributed by atoms with Crippen LogP contribution in [0.2, 0.25) is 0 Å². The van der Waals surface area contributed by atoms with Gasteiger partial charge in [0.05, 0.1) is 12.2 Å². The number of anilines is 1. The fourth-order valence-corrected chi connectivity index (χ4v) is 0.964. The zero-order valence-electron chi connectivity index (χ0n) is 7.31. The topological polar surface area (TPSA) is 63.4 Å². The summed E-state index contributed by atoms with van der Waals surface area (Å²) >= 11 is 0. The van der Waals surface area contributed by atoms with Crippen LogP contribution >= 0.6 is 0 Å². The van der Waals surface area contributed by atoms with Crippen LogP contribution in [-0.4, -0.2) is 18.9 Å². The summed E-state index contributed by atoms with van der Waals surface area (Å²) in [4.78, 5) is 22.5. The van der Waals surface area contributed by atoms with Crippen LogP contribution in [-0.2, 0) is 9.59 Å². The van der Waals surface area contributed by atoms with Gasteiger partial charge >= 0.3 is 0 Å². The Morgan fingerprint density at radius 2 is 2.00 bits per heavy atom. The molecule has 0 atom stereocenters. The number of imide groups is 1. The molecule has 0 spiro atoms. The number of rotatable bonds is 3. The maximum Gasteiger partial charge on any atom is 0.247 e. The maximum absolute atomic E-state index is 12.5. The predicted octanol–water partition coefficient (Wildman–Crippen LogP) is 0.274. The van der Waals surface area contributed by atoms with Crippen molar-refractivity contribution in [2.24, 2.45) is 5.73 Å². The molecule has 1 aromatic rings. The first kappa shape index (κ1) is 10.3. The average molecular weight is 196 g/mol. The van der Waals surface area contributed by atoms with Gasteiger partial charge in [-0.1, -0.05) is 0 Å². The highest BCUT2D eigenvalue weighted by atomic mass is 19.1. The molecule has 14 heavy (non-hydrogen) atoms. The Kier molecular flexibility index (Phi) is 3.30. The van der Waals surface area contributed by atoms with Crippen molar-refractivity contribution in [1.29, 1.82) is 0 Å². The lowest BCUT2D eigenvalue weighted by molar-refractivity contribution is -0.120. The minimum absolute atomic E-state index is 0.268. The first-order valence-corrected chi connectivity index (χ1v) is 3.92. The van der Waals surface area contributed by atoms with Gasteiger partial charge < -0.3 is 5.73 Å². The molecule has 0 heterocycles. The molecule has 0 bridgehead atoms. The van der Waals surface area contributed by atoms with Crippen molar-refractivity contribution < 1.29 is 14.0 Å². The molecule has 1 aromatic carbocycles. The Labute approximate surface area is 80.1 Å². The third kappa shape index (κ3) is 2.14. The van der Waals surface area contributed by atoms with E-state index in [0.29, 0.717) is 12.1 Å². The number of nitrogens with zero attached hydrogens (tertiary/aromatic N) is 1. The van der Waals surface area contributed by atoms with Crippen LogP contribution in [0.1, 0.15) is 0 Å². The fourth-order valence-electron chi connectivity index (χ4n) is 0.964. The largest absolute Gasteiger partial charge is 0.322 e. The molecule has 0 fully saturated rings. The Morgan fingerprint density at radius 1 is 1.43 bits per heavy atom. The van der Waals surface area contributed by atoms with Gasteiger partial charge in [0.1, 0.15) is 5.82 Å². The van der Waals surface area contributed by atoms with Crippen molar-refractivity contribution in [2.45, 2.75) is 0 Å². The highest BCUT2D eigenvalue weighted by molar-refractivity contribution is 6.07. The molecule has 0 aliphatic rings. The van der Waals surface area contributed by atoms with E-state index < -0.39 is 11.7 Å². The summed E-state index contributed by atoms with van der Waals surface area (Å²) in [6.45, 7) is -0.268. The Balaban J connectivity index is 2.95. The molecular weight excluding hydrogens is 187 g/mol. The van der Waals surface area contributed by atoms with Crippen LogP contribution in [0.5, 0.6) is 0 Å². The lowest BCUT2D eigenvalue weighted by Gasteiger charge is -2.13. The number of amides is 2. The molecule has 0 aliphatic carbocycles. The monoisotopic (exact) mass is 196 g/mol. The van der Waals surface area contributed by atoms with Gasteiger partial charge in [-0.05, 0) is 24.3 Å². The van der Waals surface area contributed by atoms with Gasteiger partial charge in [-0.2, -0.15) is 0 Å². The predicted molar refractivity (Wildman–Crippen MR) is 49.0 cm³/mol. The lowest BCUT2D eigenvalue weighted by atomic mass is 10.3. The second kappa shape index (κ2) is 4.48. The van der Waals surface area contributed by atoms with Crippen LogP contribution in [0, 0.1) is 5.82 Å². The van der Waals surface area contributed by atoms with Gasteiger partial charge in [-0.3, -0.25) is 14.5 Å². The number of carbonyl (C=O) groups is 2. The van der Waals surface area contributed by atoms with Crippen molar-refractivity contribution in [2.75, 3.05) is 11.4 Å². The van der Waals surface area contributed by atoms with Gasteiger partial charge in [0.15, 0.2) is 0 Å². The lowest BCUT2D eigenvalue weighted by Crippen LogP contribution is -2.34. The van der Waals surface area contributed by atoms with Gasteiger partial charge in [0.2, 0.25) is 12.3 Å². The normalized spacial score (nSPS) is 9.57. The highest BCUT2D eigenvalue weighted by Crippen LogP contribution is 2.12. The molecule has 2 N–H and O–H groups in total. The zero-order valence-corrected chi connectivity index (χ0v) is 7.31. The summed E-state index contributed by atoms with van der Waals surface area (Å²) < 4.78 is 12.5. The molecule has 0 aliphatic heterocycles. The molecule has 0 unspecified atom stereocenters. The van der Waals surface area contributed by atoms with E-state index in [4.69, 9.17) is 5.73 Å². The summed E-state index contributed by atoms with van der Waals surface area (Å²) in [5, 5.41) is 0. The summed E-state index contributed by atoms with van der Waals surface area (Å²) in [7, 11) is 0. The second-order valence-corrected chi connectivity index (χ2v) is 2.55. The molecule has 0 saturated heterocycles. The molecule has 0 aromatic heterocycles. The number of nitrogens with two attached hydrogens (primary N) is 1. The minimum Gasteiger partial charge on any atom is -0.322 e. The Hall–Kier alpha value is -1.75. The highest BCUT2D eigenvalue weighted by Gasteiger charge is 2.12. The van der Waals surface area contributed by atoms with E-state index in [-0.39, 0.29) is 6.54 Å². The summed E-state index contributed by atoms with van der Waals surface area (Å²) in [5.74, 6) is -0.966. The van der Waals surface area contributed by atoms with E-state index in [2.05, 4.69) is 0 Å². The number of carbonyl (C=O) groups excluding carboxylic acids is 2. The van der Waals surface area contributed by atoms with Gasteiger partial charge in [-0.15, -0.1) is 0 Å².